The predicted octanol–water partition coefficient (Wildman–Crippen LogP) is 0.742. The molecule has 0 aromatic heterocycles. The van der Waals surface area contributed by atoms with Crippen LogP contribution < -0.4 is 0 Å². The van der Waals surface area contributed by atoms with E-state index in [1.807, 2.05) is 12.2 Å². The molecule has 14 heavy (non-hydrogen) atoms. The number of amides is 1. The molecule has 4 heteroatoms. The van der Waals surface area contributed by atoms with Gasteiger partial charge in [0, 0.05) is 14.1 Å². The molecule has 1 amide bonds. The van der Waals surface area contributed by atoms with E-state index in [4.69, 9.17) is 5.11 Å². The first-order valence-corrected chi connectivity index (χ1v) is 4.63. The van der Waals surface area contributed by atoms with Gasteiger partial charge in [-0.05, 0) is 12.8 Å². The summed E-state index contributed by atoms with van der Waals surface area (Å²) >= 11 is 0. The second-order valence-electron chi connectivity index (χ2n) is 3.73. The minimum atomic E-state index is -0.880. The molecule has 0 fully saturated rings. The summed E-state index contributed by atoms with van der Waals surface area (Å²) in [5.41, 5.74) is 0. The molecule has 0 radical (unpaired) electrons. The van der Waals surface area contributed by atoms with Gasteiger partial charge in [0.05, 0.1) is 11.8 Å². The molecule has 0 aromatic rings. The Labute approximate surface area is 83.2 Å². The second kappa shape index (κ2) is 4.26. The number of hydrogen-bond donors (Lipinski definition) is 1. The van der Waals surface area contributed by atoms with Crippen LogP contribution in [0.5, 0.6) is 0 Å². The van der Waals surface area contributed by atoms with Crippen LogP contribution in [0.2, 0.25) is 0 Å². The molecule has 1 N–H and O–H groups in total. The van der Waals surface area contributed by atoms with E-state index in [0.717, 1.165) is 0 Å². The Balaban J connectivity index is 2.79. The number of carboxylic acid groups (broad SMARTS) is 1. The molecule has 1 aliphatic rings. The van der Waals surface area contributed by atoms with Crippen molar-refractivity contribution >= 4 is 11.9 Å². The summed E-state index contributed by atoms with van der Waals surface area (Å²) in [5.74, 6) is -1.93. The van der Waals surface area contributed by atoms with E-state index < -0.39 is 17.8 Å². The number of hydrogen-bond acceptors (Lipinski definition) is 2. The van der Waals surface area contributed by atoms with Gasteiger partial charge in [0.1, 0.15) is 0 Å². The summed E-state index contributed by atoms with van der Waals surface area (Å²) in [6.07, 6.45) is 4.71. The van der Waals surface area contributed by atoms with Crippen LogP contribution in [-0.2, 0) is 9.59 Å². The summed E-state index contributed by atoms with van der Waals surface area (Å²) in [4.78, 5) is 24.0. The lowest BCUT2D eigenvalue weighted by Gasteiger charge is -2.26. The molecule has 78 valence electrons. The third kappa shape index (κ3) is 2.13. The highest BCUT2D eigenvalue weighted by molar-refractivity contribution is 5.85. The Morgan fingerprint density at radius 3 is 2.14 bits per heavy atom. The largest absolute Gasteiger partial charge is 0.481 e. The van der Waals surface area contributed by atoms with E-state index in [2.05, 4.69) is 0 Å². The highest BCUT2D eigenvalue weighted by Crippen LogP contribution is 2.26. The first kappa shape index (κ1) is 10.8. The van der Waals surface area contributed by atoms with Crippen LogP contribution in [0, 0.1) is 11.8 Å². The quantitative estimate of drug-likeness (QED) is 0.664. The van der Waals surface area contributed by atoms with E-state index >= 15 is 0 Å². The highest BCUT2D eigenvalue weighted by atomic mass is 16.4. The van der Waals surface area contributed by atoms with Gasteiger partial charge in [-0.25, -0.2) is 0 Å². The Morgan fingerprint density at radius 1 is 1.21 bits per heavy atom. The van der Waals surface area contributed by atoms with Gasteiger partial charge in [0.25, 0.3) is 0 Å². The number of carbonyl (C=O) groups excluding carboxylic acids is 1. The van der Waals surface area contributed by atoms with Gasteiger partial charge in [0.15, 0.2) is 0 Å². The molecule has 0 bridgehead atoms. The van der Waals surface area contributed by atoms with Crippen LogP contribution in [0.1, 0.15) is 12.8 Å². The number of carbonyl (C=O) groups is 2. The maximum absolute atomic E-state index is 11.6. The van der Waals surface area contributed by atoms with Crippen molar-refractivity contribution in [3.05, 3.63) is 12.2 Å². The van der Waals surface area contributed by atoms with Crippen LogP contribution in [0.15, 0.2) is 12.2 Å². The zero-order chi connectivity index (χ0) is 10.7. The number of carboxylic acids is 1. The summed E-state index contributed by atoms with van der Waals surface area (Å²) in [6, 6.07) is 0. The Kier molecular flexibility index (Phi) is 3.28. The minimum Gasteiger partial charge on any atom is -0.481 e. The highest BCUT2D eigenvalue weighted by Gasteiger charge is 2.34. The van der Waals surface area contributed by atoms with Crippen LogP contribution in [0.3, 0.4) is 0 Å². The summed E-state index contributed by atoms with van der Waals surface area (Å²) in [6.45, 7) is 0. The molecule has 0 aliphatic heterocycles. The maximum Gasteiger partial charge on any atom is 0.307 e. The first-order valence-electron chi connectivity index (χ1n) is 4.63. The van der Waals surface area contributed by atoms with Gasteiger partial charge >= 0.3 is 5.97 Å². The van der Waals surface area contributed by atoms with Crippen LogP contribution in [-0.4, -0.2) is 36.0 Å². The molecule has 0 heterocycles. The molecule has 0 unspecified atom stereocenters. The van der Waals surface area contributed by atoms with E-state index in [9.17, 15) is 9.59 Å². The van der Waals surface area contributed by atoms with Crippen molar-refractivity contribution in [1.29, 1.82) is 0 Å². The lowest BCUT2D eigenvalue weighted by atomic mass is 9.82. The molecule has 0 spiro atoms. The lowest BCUT2D eigenvalue weighted by molar-refractivity contribution is -0.149. The van der Waals surface area contributed by atoms with Crippen molar-refractivity contribution < 1.29 is 14.7 Å². The molecule has 1 aliphatic carbocycles. The summed E-state index contributed by atoms with van der Waals surface area (Å²) in [7, 11) is 3.30. The normalized spacial score (nSPS) is 25.9. The fraction of sp³-hybridized carbons (Fsp3) is 0.600. The third-order valence-corrected chi connectivity index (χ3v) is 2.51. The second-order valence-corrected chi connectivity index (χ2v) is 3.73. The number of nitrogens with zero attached hydrogens (tertiary/aromatic N) is 1. The Morgan fingerprint density at radius 2 is 1.71 bits per heavy atom. The smallest absolute Gasteiger partial charge is 0.307 e. The van der Waals surface area contributed by atoms with E-state index in [0.29, 0.717) is 12.8 Å². The topological polar surface area (TPSA) is 57.6 Å². The number of rotatable bonds is 2. The van der Waals surface area contributed by atoms with Crippen LogP contribution >= 0.6 is 0 Å². The van der Waals surface area contributed by atoms with E-state index in [-0.39, 0.29) is 5.91 Å². The molecule has 0 saturated carbocycles. The first-order chi connectivity index (χ1) is 6.54. The molecule has 1 rings (SSSR count). The van der Waals surface area contributed by atoms with Crippen molar-refractivity contribution in [2.45, 2.75) is 12.8 Å². The van der Waals surface area contributed by atoms with Crippen molar-refractivity contribution in [3.8, 4) is 0 Å². The summed E-state index contributed by atoms with van der Waals surface area (Å²) < 4.78 is 0. The Hall–Kier alpha value is -1.32. The van der Waals surface area contributed by atoms with Gasteiger partial charge in [-0.2, -0.15) is 0 Å². The zero-order valence-corrected chi connectivity index (χ0v) is 8.43. The average molecular weight is 197 g/mol. The lowest BCUT2D eigenvalue weighted by Crippen LogP contribution is -2.38. The van der Waals surface area contributed by atoms with Crippen LogP contribution in [0.25, 0.3) is 0 Å². The SMILES string of the molecule is CN(C)C(=O)[C@H]1CC=CC[C@@H]1C(=O)O. The van der Waals surface area contributed by atoms with Gasteiger partial charge in [-0.3, -0.25) is 9.59 Å². The molecular weight excluding hydrogens is 182 g/mol. The molecular formula is C10H15NO3. The van der Waals surface area contributed by atoms with Crippen molar-refractivity contribution in [2.24, 2.45) is 11.8 Å². The maximum atomic E-state index is 11.6. The van der Waals surface area contributed by atoms with Crippen LogP contribution in [0.4, 0.5) is 0 Å². The number of allylic oxidation sites excluding steroid dienone is 2. The fourth-order valence-electron chi connectivity index (χ4n) is 1.69. The molecule has 4 nitrogen and oxygen atoms in total. The van der Waals surface area contributed by atoms with Gasteiger partial charge in [0.2, 0.25) is 5.91 Å². The minimum absolute atomic E-state index is 0.0956. The fourth-order valence-corrected chi connectivity index (χ4v) is 1.69. The van der Waals surface area contributed by atoms with E-state index in [1.54, 1.807) is 14.1 Å². The zero-order valence-electron chi connectivity index (χ0n) is 8.43. The van der Waals surface area contributed by atoms with Gasteiger partial charge in [-0.1, -0.05) is 12.2 Å². The average Bonchev–Trinajstić information content (AvgIpc) is 2.16. The van der Waals surface area contributed by atoms with Crippen molar-refractivity contribution in [3.63, 3.8) is 0 Å². The summed E-state index contributed by atoms with van der Waals surface area (Å²) in [5, 5.41) is 8.93. The standard InChI is InChI=1S/C10H15NO3/c1-11(2)9(12)7-5-3-4-6-8(7)10(13)14/h3-4,7-8H,5-6H2,1-2H3,(H,13,14)/t7-,8-/m0/s1. The third-order valence-electron chi connectivity index (χ3n) is 2.51. The molecule has 2 atom stereocenters. The van der Waals surface area contributed by atoms with Gasteiger partial charge in [-0.15, -0.1) is 0 Å². The van der Waals surface area contributed by atoms with Crippen molar-refractivity contribution in [1.82, 2.24) is 4.90 Å². The predicted molar refractivity (Wildman–Crippen MR) is 51.7 cm³/mol. The monoisotopic (exact) mass is 197 g/mol. The molecule has 0 saturated heterocycles. The molecule has 0 aromatic carbocycles. The van der Waals surface area contributed by atoms with Crippen molar-refractivity contribution in [2.75, 3.05) is 14.1 Å². The van der Waals surface area contributed by atoms with E-state index in [1.165, 1.54) is 4.90 Å². The van der Waals surface area contributed by atoms with Gasteiger partial charge < -0.3 is 10.0 Å². The number of aliphatic carboxylic acids is 1. The Bertz CT molecular complexity index is 271.